The zero-order valence-electron chi connectivity index (χ0n) is 14.9. The highest BCUT2D eigenvalue weighted by Crippen LogP contribution is 2.10. The number of hydrogen-bond acceptors (Lipinski definition) is 5. The molecule has 1 amide bonds. The van der Waals surface area contributed by atoms with E-state index in [-0.39, 0.29) is 11.7 Å². The molecule has 0 radical (unpaired) electrons. The standard InChI is InChI=1S/C9H18N2O2.C5H3BrClN.C2H6O/c1-9(2,3)13-8(12)11-6-4-10-5-7-11;6-4-2-1-3-5(7)8-4;1-3-2/h10H,4-7H2,1-3H3;1-3H;1-2H3. The largest absolute Gasteiger partial charge is 0.444 e. The molecule has 138 valence electrons. The number of carbonyl (C=O) groups excluding carboxylic acids is 1. The maximum atomic E-state index is 11.5. The topological polar surface area (TPSA) is 63.7 Å². The van der Waals surface area contributed by atoms with Crippen LogP contribution in [0, 0.1) is 0 Å². The van der Waals surface area contributed by atoms with Gasteiger partial charge in [-0.1, -0.05) is 17.7 Å². The molecule has 1 aliphatic heterocycles. The van der Waals surface area contributed by atoms with Crippen molar-refractivity contribution >= 4 is 33.6 Å². The lowest BCUT2D eigenvalue weighted by Crippen LogP contribution is -2.48. The molecule has 2 heterocycles. The summed E-state index contributed by atoms with van der Waals surface area (Å²) in [6.07, 6.45) is -0.200. The van der Waals surface area contributed by atoms with E-state index in [0.717, 1.165) is 30.8 Å². The fraction of sp³-hybridized carbons (Fsp3) is 0.625. The minimum absolute atomic E-state index is 0.200. The average molecular weight is 425 g/mol. The maximum Gasteiger partial charge on any atom is 0.410 e. The van der Waals surface area contributed by atoms with Gasteiger partial charge in [0.05, 0.1) is 0 Å². The molecular weight excluding hydrogens is 398 g/mol. The number of ether oxygens (including phenoxy) is 2. The highest BCUT2D eigenvalue weighted by Gasteiger charge is 2.22. The van der Waals surface area contributed by atoms with Crippen LogP contribution in [0.3, 0.4) is 0 Å². The number of halogens is 2. The Morgan fingerprint density at radius 3 is 2.21 bits per heavy atom. The number of aromatic nitrogens is 1. The minimum atomic E-state index is -0.387. The number of methoxy groups -OCH3 is 1. The minimum Gasteiger partial charge on any atom is -0.444 e. The third-order valence-electron chi connectivity index (χ3n) is 2.45. The van der Waals surface area contributed by atoms with E-state index >= 15 is 0 Å². The summed E-state index contributed by atoms with van der Waals surface area (Å²) in [5.41, 5.74) is -0.387. The lowest BCUT2D eigenvalue weighted by molar-refractivity contribution is 0.0229. The number of carbonyl (C=O) groups is 1. The number of amides is 1. The number of rotatable bonds is 0. The molecule has 0 aliphatic carbocycles. The first-order valence-corrected chi connectivity index (χ1v) is 8.73. The van der Waals surface area contributed by atoms with E-state index in [0.29, 0.717) is 5.15 Å². The molecule has 0 bridgehead atoms. The van der Waals surface area contributed by atoms with Crippen molar-refractivity contribution in [3.8, 4) is 0 Å². The maximum absolute atomic E-state index is 11.5. The summed E-state index contributed by atoms with van der Waals surface area (Å²) in [6.45, 7) is 8.86. The van der Waals surface area contributed by atoms with E-state index in [4.69, 9.17) is 16.3 Å². The second-order valence-electron chi connectivity index (χ2n) is 5.91. The van der Waals surface area contributed by atoms with Crippen molar-refractivity contribution in [3.63, 3.8) is 0 Å². The molecule has 0 atom stereocenters. The summed E-state index contributed by atoms with van der Waals surface area (Å²) in [5, 5.41) is 3.70. The van der Waals surface area contributed by atoms with Crippen LogP contribution in [0.5, 0.6) is 0 Å². The Morgan fingerprint density at radius 2 is 1.83 bits per heavy atom. The molecule has 24 heavy (non-hydrogen) atoms. The van der Waals surface area contributed by atoms with Gasteiger partial charge in [0.2, 0.25) is 0 Å². The zero-order valence-corrected chi connectivity index (χ0v) is 17.3. The monoisotopic (exact) mass is 423 g/mol. The van der Waals surface area contributed by atoms with Crippen LogP contribution in [0.2, 0.25) is 5.15 Å². The third kappa shape index (κ3) is 12.5. The molecule has 8 heteroatoms. The predicted octanol–water partition coefficient (Wildman–Crippen LogP) is 3.59. The van der Waals surface area contributed by atoms with E-state index in [1.165, 1.54) is 0 Å². The van der Waals surface area contributed by atoms with Crippen molar-refractivity contribution in [2.24, 2.45) is 0 Å². The SMILES string of the molecule is CC(C)(C)OC(=O)N1CCNCC1.COC.Clc1cccc(Br)n1. The van der Waals surface area contributed by atoms with Gasteiger partial charge in [-0.15, -0.1) is 0 Å². The van der Waals surface area contributed by atoms with Crippen LogP contribution in [0.25, 0.3) is 0 Å². The van der Waals surface area contributed by atoms with Crippen molar-refractivity contribution in [1.29, 1.82) is 0 Å². The number of pyridine rings is 1. The van der Waals surface area contributed by atoms with Crippen molar-refractivity contribution in [3.05, 3.63) is 28.0 Å². The first-order chi connectivity index (χ1) is 11.2. The predicted molar refractivity (Wildman–Crippen MR) is 101 cm³/mol. The molecule has 2 rings (SSSR count). The van der Waals surface area contributed by atoms with Crippen LogP contribution >= 0.6 is 27.5 Å². The molecule has 0 saturated carbocycles. The highest BCUT2D eigenvalue weighted by molar-refractivity contribution is 9.10. The molecule has 1 aromatic heterocycles. The molecular formula is C16H27BrClN3O3. The number of piperazine rings is 1. The van der Waals surface area contributed by atoms with Crippen LogP contribution in [-0.2, 0) is 9.47 Å². The summed E-state index contributed by atoms with van der Waals surface area (Å²) in [4.78, 5) is 17.1. The summed E-state index contributed by atoms with van der Waals surface area (Å²) in [7, 11) is 3.25. The zero-order chi connectivity index (χ0) is 18.6. The summed E-state index contributed by atoms with van der Waals surface area (Å²) in [6, 6.07) is 5.39. The van der Waals surface area contributed by atoms with Crippen molar-refractivity contribution in [2.75, 3.05) is 40.4 Å². The second-order valence-corrected chi connectivity index (χ2v) is 7.11. The van der Waals surface area contributed by atoms with Crippen molar-refractivity contribution in [2.45, 2.75) is 26.4 Å². The van der Waals surface area contributed by atoms with Gasteiger partial charge in [0.25, 0.3) is 0 Å². The molecule has 0 spiro atoms. The molecule has 1 aromatic rings. The van der Waals surface area contributed by atoms with E-state index in [1.54, 1.807) is 25.2 Å². The third-order valence-corrected chi connectivity index (χ3v) is 3.10. The van der Waals surface area contributed by atoms with Crippen molar-refractivity contribution < 1.29 is 14.3 Å². The van der Waals surface area contributed by atoms with Crippen LogP contribution in [0.4, 0.5) is 4.79 Å². The Bertz CT molecular complexity index is 461. The lowest BCUT2D eigenvalue weighted by Gasteiger charge is -2.30. The Hall–Kier alpha value is -0.890. The van der Waals surface area contributed by atoms with Crippen molar-refractivity contribution in [1.82, 2.24) is 15.2 Å². The van der Waals surface area contributed by atoms with Gasteiger partial charge >= 0.3 is 6.09 Å². The number of hydrogen-bond donors (Lipinski definition) is 1. The normalized spacial score (nSPS) is 13.9. The molecule has 1 N–H and O–H groups in total. The molecule has 0 unspecified atom stereocenters. The molecule has 1 aliphatic rings. The van der Waals surface area contributed by atoms with Crippen LogP contribution in [-0.4, -0.2) is 62.0 Å². The van der Waals surface area contributed by atoms with Gasteiger partial charge in [0.1, 0.15) is 15.4 Å². The van der Waals surface area contributed by atoms with Gasteiger partial charge in [0.15, 0.2) is 0 Å². The summed E-state index contributed by atoms with van der Waals surface area (Å²) < 4.78 is 10.3. The van der Waals surface area contributed by atoms with E-state index in [9.17, 15) is 4.79 Å². The van der Waals surface area contributed by atoms with Gasteiger partial charge in [-0.25, -0.2) is 9.78 Å². The van der Waals surface area contributed by atoms with Gasteiger partial charge in [0, 0.05) is 40.4 Å². The molecule has 1 saturated heterocycles. The Balaban J connectivity index is 0.000000409. The molecule has 1 fully saturated rings. The Kier molecular flexibility index (Phi) is 12.0. The quantitative estimate of drug-likeness (QED) is 0.645. The average Bonchev–Trinajstić information content (AvgIpc) is 2.47. The molecule has 6 nitrogen and oxygen atoms in total. The highest BCUT2D eigenvalue weighted by atomic mass is 79.9. The lowest BCUT2D eigenvalue weighted by atomic mass is 10.2. The van der Waals surface area contributed by atoms with Gasteiger partial charge in [-0.2, -0.15) is 0 Å². The fourth-order valence-electron chi connectivity index (χ4n) is 1.56. The summed E-state index contributed by atoms with van der Waals surface area (Å²) >= 11 is 8.67. The van der Waals surface area contributed by atoms with E-state index in [2.05, 4.69) is 31.0 Å². The number of nitrogens with zero attached hydrogens (tertiary/aromatic N) is 2. The first-order valence-electron chi connectivity index (χ1n) is 7.56. The van der Waals surface area contributed by atoms with E-state index < -0.39 is 0 Å². The van der Waals surface area contributed by atoms with Gasteiger partial charge < -0.3 is 19.7 Å². The summed E-state index contributed by atoms with van der Waals surface area (Å²) in [5.74, 6) is 0. The van der Waals surface area contributed by atoms with E-state index in [1.807, 2.05) is 32.9 Å². The van der Waals surface area contributed by atoms with Gasteiger partial charge in [-0.05, 0) is 48.8 Å². The van der Waals surface area contributed by atoms with Crippen LogP contribution in [0.15, 0.2) is 22.8 Å². The smallest absolute Gasteiger partial charge is 0.410 e. The molecule has 0 aromatic carbocycles. The second kappa shape index (κ2) is 12.5. The van der Waals surface area contributed by atoms with Crippen LogP contribution < -0.4 is 5.32 Å². The number of nitrogens with one attached hydrogen (secondary N) is 1. The first kappa shape index (κ1) is 23.1. The fourth-order valence-corrected chi connectivity index (χ4v) is 2.17. The van der Waals surface area contributed by atoms with Crippen LogP contribution in [0.1, 0.15) is 20.8 Å². The van der Waals surface area contributed by atoms with Gasteiger partial charge in [-0.3, -0.25) is 0 Å². The Morgan fingerprint density at radius 1 is 1.29 bits per heavy atom. The Labute approximate surface area is 158 Å².